The van der Waals surface area contributed by atoms with Gasteiger partial charge in [-0.3, -0.25) is 0 Å². The maximum absolute atomic E-state index is 11.0. The van der Waals surface area contributed by atoms with E-state index in [2.05, 4.69) is 6.58 Å². The van der Waals surface area contributed by atoms with Gasteiger partial charge in [0, 0.05) is 30.2 Å². The lowest BCUT2D eigenvalue weighted by atomic mass is 10.4. The number of hydrogen-bond acceptors (Lipinski definition) is 4. The maximum Gasteiger partial charge on any atom is 0.352 e. The van der Waals surface area contributed by atoms with Gasteiger partial charge in [-0.05, 0) is 6.92 Å². The predicted octanol–water partition coefficient (Wildman–Crippen LogP) is 1.07. The van der Waals surface area contributed by atoms with Crippen molar-refractivity contribution in [1.29, 1.82) is 0 Å². The number of hydrogen-bond donors (Lipinski definition) is 0. The van der Waals surface area contributed by atoms with Crippen LogP contribution in [0.2, 0.25) is 0 Å². The summed E-state index contributed by atoms with van der Waals surface area (Å²) in [6, 6.07) is 0. The van der Waals surface area contributed by atoms with Crippen molar-refractivity contribution in [2.45, 2.75) is 6.92 Å². The van der Waals surface area contributed by atoms with Crippen molar-refractivity contribution in [2.75, 3.05) is 24.6 Å². The standard InChI is InChI=1S/C8H13NO2S/c1-7(2)8(10)11-9-3-5-12-6-4-9/h1,3-6H2,2H3. The van der Waals surface area contributed by atoms with Gasteiger partial charge in [0.05, 0.1) is 0 Å². The fraction of sp³-hybridized carbons (Fsp3) is 0.625. The minimum absolute atomic E-state index is 0.318. The Morgan fingerprint density at radius 2 is 2.08 bits per heavy atom. The number of thioether (sulfide) groups is 1. The minimum atomic E-state index is -0.318. The monoisotopic (exact) mass is 187 g/mol. The lowest BCUT2D eigenvalue weighted by Crippen LogP contribution is -2.34. The van der Waals surface area contributed by atoms with Crippen LogP contribution in [0.5, 0.6) is 0 Å². The summed E-state index contributed by atoms with van der Waals surface area (Å²) in [5.74, 6) is 1.74. The lowest BCUT2D eigenvalue weighted by Gasteiger charge is -2.24. The third kappa shape index (κ3) is 2.87. The van der Waals surface area contributed by atoms with Crippen molar-refractivity contribution in [2.24, 2.45) is 0 Å². The quantitative estimate of drug-likeness (QED) is 0.605. The summed E-state index contributed by atoms with van der Waals surface area (Å²) >= 11 is 1.88. The van der Waals surface area contributed by atoms with Crippen LogP contribution in [0, 0.1) is 0 Å². The van der Waals surface area contributed by atoms with Crippen molar-refractivity contribution >= 4 is 17.7 Å². The fourth-order valence-electron chi connectivity index (χ4n) is 0.833. The molecule has 0 aromatic heterocycles. The van der Waals surface area contributed by atoms with Gasteiger partial charge in [-0.1, -0.05) is 6.58 Å². The Bertz CT molecular complexity index is 187. The largest absolute Gasteiger partial charge is 0.364 e. The maximum atomic E-state index is 11.0. The molecule has 0 N–H and O–H groups in total. The van der Waals surface area contributed by atoms with Crippen LogP contribution in [-0.4, -0.2) is 35.6 Å². The van der Waals surface area contributed by atoms with Gasteiger partial charge in [-0.15, -0.1) is 5.06 Å². The van der Waals surface area contributed by atoms with E-state index in [1.807, 2.05) is 11.8 Å². The van der Waals surface area contributed by atoms with Crippen LogP contribution in [0.25, 0.3) is 0 Å². The number of rotatable bonds is 2. The number of hydroxylamine groups is 2. The molecule has 0 radical (unpaired) electrons. The Hall–Kier alpha value is -0.480. The second-order valence-electron chi connectivity index (χ2n) is 2.70. The van der Waals surface area contributed by atoms with E-state index in [9.17, 15) is 4.79 Å². The van der Waals surface area contributed by atoms with Crippen LogP contribution in [0.3, 0.4) is 0 Å². The van der Waals surface area contributed by atoms with Gasteiger partial charge in [0.2, 0.25) is 0 Å². The van der Waals surface area contributed by atoms with E-state index in [1.54, 1.807) is 12.0 Å². The molecule has 4 heteroatoms. The highest BCUT2D eigenvalue weighted by molar-refractivity contribution is 7.99. The molecule has 0 aliphatic carbocycles. The van der Waals surface area contributed by atoms with Crippen molar-refractivity contribution in [3.05, 3.63) is 12.2 Å². The fourth-order valence-corrected chi connectivity index (χ4v) is 1.70. The highest BCUT2D eigenvalue weighted by Gasteiger charge is 2.14. The third-order valence-corrected chi connectivity index (χ3v) is 2.47. The zero-order chi connectivity index (χ0) is 8.97. The van der Waals surface area contributed by atoms with Crippen LogP contribution in [0.15, 0.2) is 12.2 Å². The molecular weight excluding hydrogens is 174 g/mol. The van der Waals surface area contributed by atoms with Crippen molar-refractivity contribution in [1.82, 2.24) is 5.06 Å². The van der Waals surface area contributed by atoms with E-state index in [0.29, 0.717) is 5.57 Å². The van der Waals surface area contributed by atoms with Gasteiger partial charge in [-0.2, -0.15) is 11.8 Å². The third-order valence-electron chi connectivity index (χ3n) is 1.53. The second-order valence-corrected chi connectivity index (χ2v) is 3.93. The van der Waals surface area contributed by atoms with Gasteiger partial charge < -0.3 is 4.84 Å². The first-order valence-electron chi connectivity index (χ1n) is 3.90. The topological polar surface area (TPSA) is 29.5 Å². The molecule has 1 aliphatic rings. The minimum Gasteiger partial charge on any atom is -0.364 e. The molecule has 0 aromatic carbocycles. The van der Waals surface area contributed by atoms with Gasteiger partial charge in [0.1, 0.15) is 0 Å². The van der Waals surface area contributed by atoms with Crippen molar-refractivity contribution in [3.8, 4) is 0 Å². The predicted molar refractivity (Wildman–Crippen MR) is 49.8 cm³/mol. The summed E-state index contributed by atoms with van der Waals surface area (Å²) in [6.45, 7) is 6.81. The molecule has 1 saturated heterocycles. The molecule has 1 aliphatic heterocycles. The smallest absolute Gasteiger partial charge is 0.352 e. The van der Waals surface area contributed by atoms with Crippen molar-refractivity contribution < 1.29 is 9.63 Å². The van der Waals surface area contributed by atoms with E-state index < -0.39 is 0 Å². The summed E-state index contributed by atoms with van der Waals surface area (Å²) in [5, 5.41) is 1.70. The molecule has 1 fully saturated rings. The lowest BCUT2D eigenvalue weighted by molar-refractivity contribution is -0.183. The highest BCUT2D eigenvalue weighted by Crippen LogP contribution is 2.10. The molecule has 1 heterocycles. The van der Waals surface area contributed by atoms with E-state index in [0.717, 1.165) is 24.6 Å². The van der Waals surface area contributed by atoms with Gasteiger partial charge >= 0.3 is 5.97 Å². The molecule has 0 amide bonds. The van der Waals surface area contributed by atoms with Gasteiger partial charge in [-0.25, -0.2) is 4.79 Å². The van der Waals surface area contributed by atoms with E-state index in [-0.39, 0.29) is 5.97 Å². The molecule has 68 valence electrons. The zero-order valence-corrected chi connectivity index (χ0v) is 8.02. The summed E-state index contributed by atoms with van der Waals surface area (Å²) < 4.78 is 0. The molecule has 1 rings (SSSR count). The number of carbonyl (C=O) groups is 1. The summed E-state index contributed by atoms with van der Waals surface area (Å²) in [4.78, 5) is 16.1. The van der Waals surface area contributed by atoms with Gasteiger partial charge in [0.25, 0.3) is 0 Å². The van der Waals surface area contributed by atoms with Crippen LogP contribution >= 0.6 is 11.8 Å². The first kappa shape index (κ1) is 9.61. The van der Waals surface area contributed by atoms with Crippen molar-refractivity contribution in [3.63, 3.8) is 0 Å². The molecule has 0 bridgehead atoms. The average molecular weight is 187 g/mol. The summed E-state index contributed by atoms with van der Waals surface area (Å²) in [6.07, 6.45) is 0. The summed E-state index contributed by atoms with van der Waals surface area (Å²) in [7, 11) is 0. The molecule has 0 atom stereocenters. The van der Waals surface area contributed by atoms with Crippen LogP contribution in [-0.2, 0) is 9.63 Å². The highest BCUT2D eigenvalue weighted by atomic mass is 32.2. The first-order chi connectivity index (χ1) is 5.70. The first-order valence-corrected chi connectivity index (χ1v) is 5.06. The van der Waals surface area contributed by atoms with Crippen LogP contribution in [0.4, 0.5) is 0 Å². The number of carbonyl (C=O) groups excluding carboxylic acids is 1. The number of nitrogens with zero attached hydrogens (tertiary/aromatic N) is 1. The molecule has 0 spiro atoms. The normalized spacial score (nSPS) is 18.8. The zero-order valence-electron chi connectivity index (χ0n) is 7.21. The van der Waals surface area contributed by atoms with E-state index in [1.165, 1.54) is 0 Å². The average Bonchev–Trinajstić information content (AvgIpc) is 2.06. The van der Waals surface area contributed by atoms with E-state index >= 15 is 0 Å². The van der Waals surface area contributed by atoms with Crippen LogP contribution < -0.4 is 0 Å². The SMILES string of the molecule is C=C(C)C(=O)ON1CCSCC1. The molecular formula is C8H13NO2S. The van der Waals surface area contributed by atoms with Gasteiger partial charge in [0.15, 0.2) is 0 Å². The van der Waals surface area contributed by atoms with E-state index in [4.69, 9.17) is 4.84 Å². The molecule has 12 heavy (non-hydrogen) atoms. The Morgan fingerprint density at radius 1 is 1.50 bits per heavy atom. The molecule has 3 nitrogen and oxygen atoms in total. The molecule has 0 unspecified atom stereocenters. The Morgan fingerprint density at radius 3 is 2.58 bits per heavy atom. The molecule has 0 saturated carbocycles. The Labute approximate surface area is 76.7 Å². The second kappa shape index (κ2) is 4.52. The Kier molecular flexibility index (Phi) is 3.62. The Balaban J connectivity index is 2.29. The molecule has 0 aromatic rings. The summed E-state index contributed by atoms with van der Waals surface area (Å²) in [5.41, 5.74) is 0.452. The van der Waals surface area contributed by atoms with Crippen LogP contribution in [0.1, 0.15) is 6.92 Å².